The summed E-state index contributed by atoms with van der Waals surface area (Å²) in [7, 11) is -3.32. The van der Waals surface area contributed by atoms with Gasteiger partial charge >= 0.3 is 0 Å². The molecule has 4 nitrogen and oxygen atoms in total. The number of benzene rings is 1. The fraction of sp³-hybridized carbons (Fsp3) is 0.600. The average Bonchev–Trinajstić information content (AvgIpc) is 2.90. The topological polar surface area (TPSA) is 63.4 Å². The van der Waals surface area contributed by atoms with Crippen molar-refractivity contribution < 1.29 is 8.42 Å². The van der Waals surface area contributed by atoms with Crippen LogP contribution in [0.25, 0.3) is 0 Å². The first-order chi connectivity index (χ1) is 9.57. The van der Waals surface area contributed by atoms with Gasteiger partial charge in [0.15, 0.2) is 0 Å². The van der Waals surface area contributed by atoms with Gasteiger partial charge in [0, 0.05) is 13.1 Å². The monoisotopic (exact) mass is 296 g/mol. The van der Waals surface area contributed by atoms with Crippen LogP contribution in [0.3, 0.4) is 0 Å². The molecule has 0 radical (unpaired) electrons. The van der Waals surface area contributed by atoms with Gasteiger partial charge in [-0.15, -0.1) is 0 Å². The molecule has 1 aromatic carbocycles. The van der Waals surface area contributed by atoms with Crippen molar-refractivity contribution >= 4 is 10.0 Å². The molecule has 2 N–H and O–H groups in total. The quantitative estimate of drug-likeness (QED) is 0.873. The highest BCUT2D eigenvalue weighted by atomic mass is 32.2. The molecule has 112 valence electrons. The number of sulfonamides is 1. The van der Waals surface area contributed by atoms with Crippen molar-refractivity contribution in [2.45, 2.75) is 37.5 Å². The van der Waals surface area contributed by atoms with Crippen LogP contribution >= 0.6 is 0 Å². The maximum absolute atomic E-state index is 12.6. The van der Waals surface area contributed by atoms with Crippen LogP contribution in [0.2, 0.25) is 0 Å². The van der Waals surface area contributed by atoms with Crippen LogP contribution in [0.5, 0.6) is 0 Å². The Morgan fingerprint density at radius 1 is 1.30 bits per heavy atom. The predicted octanol–water partition coefficient (Wildman–Crippen LogP) is 2.00. The lowest BCUT2D eigenvalue weighted by Gasteiger charge is -2.16. The second-order valence-electron chi connectivity index (χ2n) is 5.49. The molecule has 0 amide bonds. The van der Waals surface area contributed by atoms with Gasteiger partial charge in [-0.25, -0.2) is 8.42 Å². The van der Waals surface area contributed by atoms with Gasteiger partial charge in [-0.1, -0.05) is 25.5 Å². The molecule has 1 aliphatic heterocycles. The molecule has 0 saturated carbocycles. The highest BCUT2D eigenvalue weighted by molar-refractivity contribution is 7.89. The Bertz CT molecular complexity index is 525. The van der Waals surface area contributed by atoms with Gasteiger partial charge in [-0.05, 0) is 49.4 Å². The highest BCUT2D eigenvalue weighted by Crippen LogP contribution is 2.26. The third kappa shape index (κ3) is 3.40. The van der Waals surface area contributed by atoms with Crippen molar-refractivity contribution in [3.05, 3.63) is 29.8 Å². The van der Waals surface area contributed by atoms with E-state index >= 15 is 0 Å². The first-order valence-corrected chi connectivity index (χ1v) is 8.81. The Hall–Kier alpha value is -0.910. The van der Waals surface area contributed by atoms with Gasteiger partial charge in [0.25, 0.3) is 0 Å². The van der Waals surface area contributed by atoms with Crippen LogP contribution in [-0.2, 0) is 16.4 Å². The van der Waals surface area contributed by atoms with Gasteiger partial charge in [0.1, 0.15) is 0 Å². The summed E-state index contributed by atoms with van der Waals surface area (Å²) in [4.78, 5) is 0.399. The fourth-order valence-electron chi connectivity index (χ4n) is 2.80. The molecular formula is C15H24N2O2S. The van der Waals surface area contributed by atoms with Crippen molar-refractivity contribution in [2.75, 3.05) is 19.6 Å². The van der Waals surface area contributed by atoms with E-state index < -0.39 is 10.0 Å². The molecule has 0 aromatic heterocycles. The van der Waals surface area contributed by atoms with Crippen molar-refractivity contribution in [3.63, 3.8) is 0 Å². The largest absolute Gasteiger partial charge is 0.330 e. The Kier molecular flexibility index (Phi) is 5.18. The van der Waals surface area contributed by atoms with E-state index in [1.165, 1.54) is 0 Å². The maximum atomic E-state index is 12.6. The van der Waals surface area contributed by atoms with Crippen molar-refractivity contribution in [2.24, 2.45) is 11.7 Å². The lowest BCUT2D eigenvalue weighted by molar-refractivity contribution is 0.444. The van der Waals surface area contributed by atoms with E-state index in [9.17, 15) is 8.42 Å². The van der Waals surface area contributed by atoms with Crippen molar-refractivity contribution in [3.8, 4) is 0 Å². The maximum Gasteiger partial charge on any atom is 0.243 e. The molecule has 1 fully saturated rings. The summed E-state index contributed by atoms with van der Waals surface area (Å²) in [5.74, 6) is 0.520. The number of nitrogens with two attached hydrogens (primary N) is 1. The SMILES string of the molecule is CCCC1CCN(S(=O)(=O)c2ccc(CCN)cc2)C1. The molecule has 0 spiro atoms. The summed E-state index contributed by atoms with van der Waals surface area (Å²) < 4.78 is 26.7. The summed E-state index contributed by atoms with van der Waals surface area (Å²) in [6.45, 7) is 4.04. The summed E-state index contributed by atoms with van der Waals surface area (Å²) >= 11 is 0. The highest BCUT2D eigenvalue weighted by Gasteiger charge is 2.31. The van der Waals surface area contributed by atoms with Gasteiger partial charge < -0.3 is 5.73 Å². The number of hydrogen-bond donors (Lipinski definition) is 1. The lowest BCUT2D eigenvalue weighted by atomic mass is 10.0. The summed E-state index contributed by atoms with van der Waals surface area (Å²) in [5, 5.41) is 0. The minimum absolute atomic E-state index is 0.399. The smallest absolute Gasteiger partial charge is 0.243 e. The van der Waals surface area contributed by atoms with E-state index in [4.69, 9.17) is 5.73 Å². The first kappa shape index (κ1) is 15.5. The molecule has 1 aromatic rings. The zero-order chi connectivity index (χ0) is 14.6. The molecule has 2 rings (SSSR count). The fourth-order valence-corrected chi connectivity index (χ4v) is 4.33. The zero-order valence-corrected chi connectivity index (χ0v) is 12.9. The Balaban J connectivity index is 2.10. The number of hydrogen-bond acceptors (Lipinski definition) is 3. The van der Waals surface area contributed by atoms with E-state index in [1.54, 1.807) is 16.4 Å². The van der Waals surface area contributed by atoms with Gasteiger partial charge in [0.05, 0.1) is 4.90 Å². The van der Waals surface area contributed by atoms with E-state index in [0.29, 0.717) is 30.4 Å². The first-order valence-electron chi connectivity index (χ1n) is 7.37. The Morgan fingerprint density at radius 2 is 2.00 bits per heavy atom. The molecule has 0 bridgehead atoms. The van der Waals surface area contributed by atoms with Crippen LogP contribution < -0.4 is 5.73 Å². The van der Waals surface area contributed by atoms with Crippen LogP contribution in [0.1, 0.15) is 31.7 Å². The second kappa shape index (κ2) is 6.70. The van der Waals surface area contributed by atoms with Crippen LogP contribution in [0, 0.1) is 5.92 Å². The van der Waals surface area contributed by atoms with Crippen molar-refractivity contribution in [1.29, 1.82) is 0 Å². The van der Waals surface area contributed by atoms with Crippen LogP contribution in [0.4, 0.5) is 0 Å². The Labute approximate surface area is 122 Å². The van der Waals surface area contributed by atoms with Crippen molar-refractivity contribution in [1.82, 2.24) is 4.31 Å². The van der Waals surface area contributed by atoms with E-state index in [1.807, 2.05) is 12.1 Å². The summed E-state index contributed by atoms with van der Waals surface area (Å²) in [5.41, 5.74) is 6.58. The second-order valence-corrected chi connectivity index (χ2v) is 7.43. The average molecular weight is 296 g/mol. The molecule has 20 heavy (non-hydrogen) atoms. The molecule has 1 heterocycles. The molecule has 0 aliphatic carbocycles. The normalized spacial score (nSPS) is 20.4. The van der Waals surface area contributed by atoms with Crippen LogP contribution in [0.15, 0.2) is 29.2 Å². The minimum Gasteiger partial charge on any atom is -0.330 e. The molecule has 5 heteroatoms. The van der Waals surface area contributed by atoms with Crippen LogP contribution in [-0.4, -0.2) is 32.4 Å². The lowest BCUT2D eigenvalue weighted by Crippen LogP contribution is -2.28. The Morgan fingerprint density at radius 3 is 2.60 bits per heavy atom. The standard InChI is InChI=1S/C15H24N2O2S/c1-2-3-14-9-11-17(12-14)20(18,19)15-6-4-13(5-7-15)8-10-16/h4-7,14H,2-3,8-12,16H2,1H3. The molecular weight excluding hydrogens is 272 g/mol. The van der Waals surface area contributed by atoms with Gasteiger partial charge in [-0.3, -0.25) is 0 Å². The van der Waals surface area contributed by atoms with Gasteiger partial charge in [-0.2, -0.15) is 4.31 Å². The van der Waals surface area contributed by atoms with E-state index in [0.717, 1.165) is 31.2 Å². The minimum atomic E-state index is -3.32. The summed E-state index contributed by atoms with van der Waals surface area (Å²) in [6.07, 6.45) is 3.99. The van der Waals surface area contributed by atoms with E-state index in [2.05, 4.69) is 6.92 Å². The third-order valence-corrected chi connectivity index (χ3v) is 5.82. The molecule has 1 atom stereocenters. The molecule has 1 aliphatic rings. The predicted molar refractivity (Wildman–Crippen MR) is 81.0 cm³/mol. The van der Waals surface area contributed by atoms with Gasteiger partial charge in [0.2, 0.25) is 10.0 Å². The zero-order valence-electron chi connectivity index (χ0n) is 12.1. The third-order valence-electron chi connectivity index (χ3n) is 3.94. The number of rotatable bonds is 6. The molecule has 1 saturated heterocycles. The molecule has 1 unspecified atom stereocenters. The van der Waals surface area contributed by atoms with E-state index in [-0.39, 0.29) is 0 Å². The number of nitrogens with zero attached hydrogens (tertiary/aromatic N) is 1. The summed E-state index contributed by atoms with van der Waals surface area (Å²) in [6, 6.07) is 7.12.